The fourth-order valence-electron chi connectivity index (χ4n) is 2.70. The summed E-state index contributed by atoms with van der Waals surface area (Å²) in [6.45, 7) is 2.67. The molecule has 0 amide bonds. The van der Waals surface area contributed by atoms with E-state index in [4.69, 9.17) is 15.2 Å². The number of rotatable bonds is 4. The average Bonchev–Trinajstić information content (AvgIpc) is 2.45. The van der Waals surface area contributed by atoms with E-state index in [1.54, 1.807) is 14.2 Å². The van der Waals surface area contributed by atoms with Crippen LogP contribution in [-0.4, -0.2) is 24.2 Å². The van der Waals surface area contributed by atoms with Crippen LogP contribution in [0.15, 0.2) is 4.47 Å². The molecule has 2 N–H and O–H groups in total. The first-order valence-electron chi connectivity index (χ1n) is 6.89. The molecule has 1 heterocycles. The predicted molar refractivity (Wildman–Crippen MR) is 81.2 cm³/mol. The lowest BCUT2D eigenvalue weighted by molar-refractivity contribution is -0.0599. The summed E-state index contributed by atoms with van der Waals surface area (Å²) in [4.78, 5) is 9.07. The van der Waals surface area contributed by atoms with E-state index in [1.165, 1.54) is 0 Å². The van der Waals surface area contributed by atoms with E-state index in [9.17, 15) is 0 Å². The molecule has 0 spiro atoms. The molecule has 1 aromatic rings. The van der Waals surface area contributed by atoms with Crippen LogP contribution in [0.1, 0.15) is 44.1 Å². The lowest BCUT2D eigenvalue weighted by atomic mass is 9.79. The number of halogens is 1. The van der Waals surface area contributed by atoms with Gasteiger partial charge in [-0.15, -0.1) is 0 Å². The molecule has 1 aliphatic rings. The zero-order valence-corrected chi connectivity index (χ0v) is 13.9. The highest BCUT2D eigenvalue weighted by Gasteiger charge is 2.39. The molecule has 5 nitrogen and oxygen atoms in total. The molecule has 0 unspecified atom stereocenters. The van der Waals surface area contributed by atoms with E-state index in [2.05, 4.69) is 32.8 Å². The maximum absolute atomic E-state index is 5.99. The Balaban J connectivity index is 2.39. The van der Waals surface area contributed by atoms with Gasteiger partial charge in [-0.25, -0.2) is 9.97 Å². The largest absolute Gasteiger partial charge is 0.383 e. The van der Waals surface area contributed by atoms with E-state index >= 15 is 0 Å². The molecule has 0 aliphatic heterocycles. The Bertz CT molecular complexity index is 474. The van der Waals surface area contributed by atoms with Crippen molar-refractivity contribution in [1.29, 1.82) is 0 Å². The minimum atomic E-state index is -0.413. The molecular weight excluding hydrogens is 322 g/mol. The van der Waals surface area contributed by atoms with Crippen LogP contribution in [0.25, 0.3) is 0 Å². The molecule has 0 bridgehead atoms. The lowest BCUT2D eigenvalue weighted by Gasteiger charge is -2.37. The van der Waals surface area contributed by atoms with Gasteiger partial charge in [0, 0.05) is 14.2 Å². The van der Waals surface area contributed by atoms with Crippen LogP contribution < -0.4 is 5.73 Å². The molecule has 0 atom stereocenters. The van der Waals surface area contributed by atoms with Gasteiger partial charge in [0.2, 0.25) is 0 Å². The summed E-state index contributed by atoms with van der Waals surface area (Å²) in [6, 6.07) is 0. The molecule has 2 rings (SSSR count). The number of methoxy groups -OCH3 is 2. The van der Waals surface area contributed by atoms with Crippen LogP contribution in [0.2, 0.25) is 0 Å². The van der Waals surface area contributed by atoms with Crippen LogP contribution >= 0.6 is 15.9 Å². The number of aromatic nitrogens is 2. The van der Waals surface area contributed by atoms with Gasteiger partial charge in [-0.3, -0.25) is 0 Å². The fourth-order valence-corrected chi connectivity index (χ4v) is 2.99. The lowest BCUT2D eigenvalue weighted by Crippen LogP contribution is -2.35. The summed E-state index contributed by atoms with van der Waals surface area (Å²) < 4.78 is 11.7. The van der Waals surface area contributed by atoms with Crippen molar-refractivity contribution < 1.29 is 9.47 Å². The van der Waals surface area contributed by atoms with Crippen LogP contribution in [0.3, 0.4) is 0 Å². The van der Waals surface area contributed by atoms with Crippen LogP contribution in [0.4, 0.5) is 5.82 Å². The second-order valence-corrected chi connectivity index (χ2v) is 6.30. The van der Waals surface area contributed by atoms with Crippen molar-refractivity contribution in [3.63, 3.8) is 0 Å². The van der Waals surface area contributed by atoms with Gasteiger partial charge in [-0.2, -0.15) is 0 Å². The molecule has 112 valence electrons. The quantitative estimate of drug-likeness (QED) is 0.909. The standard InChI is InChI=1S/C14H22BrN3O2/c1-9-4-6-14(20-3,7-5-9)13-17-10(8-19-2)11(15)12(16)18-13/h9H,4-8H2,1-3H3,(H2,16,17,18). The summed E-state index contributed by atoms with van der Waals surface area (Å²) >= 11 is 3.42. The van der Waals surface area contributed by atoms with Crippen LogP contribution in [0.5, 0.6) is 0 Å². The van der Waals surface area contributed by atoms with Crippen LogP contribution in [-0.2, 0) is 21.7 Å². The SMILES string of the molecule is COCc1nc(C2(OC)CCC(C)CC2)nc(N)c1Br. The van der Waals surface area contributed by atoms with Crippen molar-refractivity contribution in [2.75, 3.05) is 20.0 Å². The number of nitrogens with two attached hydrogens (primary N) is 1. The Labute approximate surface area is 128 Å². The first-order valence-corrected chi connectivity index (χ1v) is 7.68. The van der Waals surface area contributed by atoms with E-state index in [0.717, 1.165) is 37.3 Å². The number of anilines is 1. The van der Waals surface area contributed by atoms with Crippen molar-refractivity contribution >= 4 is 21.7 Å². The zero-order chi connectivity index (χ0) is 14.8. The Morgan fingerprint density at radius 3 is 2.50 bits per heavy atom. The predicted octanol–water partition coefficient (Wildman–Crippen LogP) is 3.02. The Morgan fingerprint density at radius 2 is 1.95 bits per heavy atom. The molecule has 0 aromatic carbocycles. The highest BCUT2D eigenvalue weighted by molar-refractivity contribution is 9.10. The van der Waals surface area contributed by atoms with Crippen molar-refractivity contribution in [3.05, 3.63) is 16.0 Å². The van der Waals surface area contributed by atoms with Gasteiger partial charge in [0.15, 0.2) is 5.82 Å². The molecule has 1 fully saturated rings. The van der Waals surface area contributed by atoms with Gasteiger partial charge in [0.05, 0.1) is 16.8 Å². The topological polar surface area (TPSA) is 70.3 Å². The normalized spacial score (nSPS) is 26.7. The van der Waals surface area contributed by atoms with Gasteiger partial charge in [0.25, 0.3) is 0 Å². The monoisotopic (exact) mass is 343 g/mol. The van der Waals surface area contributed by atoms with Crippen molar-refractivity contribution in [2.45, 2.75) is 44.8 Å². The summed E-state index contributed by atoms with van der Waals surface area (Å²) in [5.74, 6) is 1.85. The third kappa shape index (κ3) is 2.97. The first kappa shape index (κ1) is 15.7. The van der Waals surface area contributed by atoms with Gasteiger partial charge in [-0.05, 0) is 47.5 Å². The van der Waals surface area contributed by atoms with Crippen LogP contribution in [0, 0.1) is 5.92 Å². The highest BCUT2D eigenvalue weighted by Crippen LogP contribution is 2.41. The van der Waals surface area contributed by atoms with Gasteiger partial charge < -0.3 is 15.2 Å². The summed E-state index contributed by atoms with van der Waals surface area (Å²) in [6.07, 6.45) is 4.09. The van der Waals surface area contributed by atoms with Gasteiger partial charge in [-0.1, -0.05) is 6.92 Å². The summed E-state index contributed by atoms with van der Waals surface area (Å²) in [5, 5.41) is 0. The number of hydrogen-bond acceptors (Lipinski definition) is 5. The van der Waals surface area contributed by atoms with E-state index in [0.29, 0.717) is 22.7 Å². The Kier molecular flexibility index (Phi) is 4.99. The molecule has 20 heavy (non-hydrogen) atoms. The number of hydrogen-bond donors (Lipinski definition) is 1. The third-order valence-corrected chi connectivity index (χ3v) is 4.97. The maximum atomic E-state index is 5.99. The van der Waals surface area contributed by atoms with Gasteiger partial charge in [0.1, 0.15) is 11.4 Å². The van der Waals surface area contributed by atoms with Crippen molar-refractivity contribution in [2.24, 2.45) is 5.92 Å². The van der Waals surface area contributed by atoms with Gasteiger partial charge >= 0.3 is 0 Å². The number of ether oxygens (including phenoxy) is 2. The molecule has 0 radical (unpaired) electrons. The van der Waals surface area contributed by atoms with Crippen molar-refractivity contribution in [1.82, 2.24) is 9.97 Å². The molecular formula is C14H22BrN3O2. The maximum Gasteiger partial charge on any atom is 0.163 e. The third-order valence-electron chi connectivity index (χ3n) is 4.11. The number of nitrogens with zero attached hydrogens (tertiary/aromatic N) is 2. The second kappa shape index (κ2) is 6.37. The highest BCUT2D eigenvalue weighted by atomic mass is 79.9. The summed E-state index contributed by atoms with van der Waals surface area (Å²) in [5.41, 5.74) is 6.35. The zero-order valence-electron chi connectivity index (χ0n) is 12.3. The van der Waals surface area contributed by atoms with E-state index < -0.39 is 5.60 Å². The van der Waals surface area contributed by atoms with Crippen molar-refractivity contribution in [3.8, 4) is 0 Å². The minimum absolute atomic E-state index is 0.399. The molecule has 1 aromatic heterocycles. The molecule has 0 saturated heterocycles. The fraction of sp³-hybridized carbons (Fsp3) is 0.714. The molecule has 1 saturated carbocycles. The summed E-state index contributed by atoms with van der Waals surface area (Å²) in [7, 11) is 3.37. The second-order valence-electron chi connectivity index (χ2n) is 5.51. The van der Waals surface area contributed by atoms with E-state index in [1.807, 2.05) is 0 Å². The first-order chi connectivity index (χ1) is 9.52. The average molecular weight is 344 g/mol. The smallest absolute Gasteiger partial charge is 0.163 e. The Hall–Kier alpha value is -0.720. The Morgan fingerprint density at radius 1 is 1.30 bits per heavy atom. The molecule has 1 aliphatic carbocycles. The molecule has 6 heteroatoms. The van der Waals surface area contributed by atoms with E-state index in [-0.39, 0.29) is 0 Å². The number of nitrogen functional groups attached to an aromatic ring is 1. The minimum Gasteiger partial charge on any atom is -0.383 e.